The molecule has 0 aromatic heterocycles. The summed E-state index contributed by atoms with van der Waals surface area (Å²) in [6, 6.07) is 0. The Bertz CT molecular complexity index is 1260. The number of fused-ring (bicyclic) bond motifs is 4. The van der Waals surface area contributed by atoms with E-state index in [1.165, 1.54) is 58.3 Å². The molecule has 6 saturated carbocycles. The van der Waals surface area contributed by atoms with Crippen LogP contribution in [0.25, 0.3) is 0 Å². The van der Waals surface area contributed by atoms with Crippen molar-refractivity contribution < 1.29 is 33.6 Å². The number of ether oxygens (including phenoxy) is 4. The molecule has 0 aromatic carbocycles. The first-order chi connectivity index (χ1) is 22.2. The molecule has 8 heteroatoms. The van der Waals surface area contributed by atoms with Gasteiger partial charge in [-0.25, -0.2) is 0 Å². The summed E-state index contributed by atoms with van der Waals surface area (Å²) in [4.78, 5) is 26.8. The van der Waals surface area contributed by atoms with Crippen molar-refractivity contribution in [2.24, 2.45) is 51.2 Å². The van der Waals surface area contributed by atoms with Crippen LogP contribution in [0, 0.1) is 51.2 Å². The van der Waals surface area contributed by atoms with E-state index in [-0.39, 0.29) is 41.9 Å². The third kappa shape index (κ3) is 5.18. The van der Waals surface area contributed by atoms with Crippen molar-refractivity contribution in [1.82, 2.24) is 4.90 Å². The number of carbonyl (C=O) groups excluding carboxylic acids is 2. The minimum Gasteiger partial charge on any atom is -0.457 e. The van der Waals surface area contributed by atoms with Crippen LogP contribution in [0.1, 0.15) is 125 Å². The van der Waals surface area contributed by atoms with Crippen LogP contribution in [0.15, 0.2) is 0 Å². The van der Waals surface area contributed by atoms with E-state index in [4.69, 9.17) is 18.9 Å². The number of carbonyl (C=O) groups is 2. The first kappa shape index (κ1) is 33.0. The SMILES string of the molecule is CC(=O)O[C@@H](C1CCC2C(CC3C4CCC5C(C)(C)[C@@H](OC6CN(C(=O)CC7CC7)CCO6)CCC56CC46CCC23C)O1)C(C)(C)O. The third-order valence-corrected chi connectivity index (χ3v) is 15.7. The first-order valence-corrected chi connectivity index (χ1v) is 19.3. The fourth-order valence-corrected chi connectivity index (χ4v) is 13.4. The number of esters is 1. The second kappa shape index (κ2) is 11.1. The van der Waals surface area contributed by atoms with Gasteiger partial charge in [0.2, 0.25) is 5.91 Å². The fourth-order valence-electron chi connectivity index (χ4n) is 13.4. The molecule has 0 radical (unpaired) electrons. The predicted octanol–water partition coefficient (Wildman–Crippen LogP) is 6.27. The zero-order chi connectivity index (χ0) is 33.1. The number of hydrogen-bond acceptors (Lipinski definition) is 7. The Kier molecular flexibility index (Phi) is 7.81. The van der Waals surface area contributed by atoms with Crippen LogP contribution in [-0.4, -0.2) is 77.9 Å². The number of morpholine rings is 1. The molecule has 2 saturated heterocycles. The topological polar surface area (TPSA) is 94.5 Å². The number of nitrogens with zero attached hydrogens (tertiary/aromatic N) is 1. The Balaban J connectivity index is 0.950. The van der Waals surface area contributed by atoms with Crippen molar-refractivity contribution in [3.8, 4) is 0 Å². The molecule has 0 bridgehead atoms. The Morgan fingerprint density at radius 2 is 1.72 bits per heavy atom. The third-order valence-electron chi connectivity index (χ3n) is 15.7. The van der Waals surface area contributed by atoms with Crippen molar-refractivity contribution in [3.63, 3.8) is 0 Å². The van der Waals surface area contributed by atoms with Crippen molar-refractivity contribution >= 4 is 11.9 Å². The van der Waals surface area contributed by atoms with Gasteiger partial charge in [0.15, 0.2) is 12.4 Å². The molecular formula is C39H61NO7. The van der Waals surface area contributed by atoms with Crippen LogP contribution in [0.2, 0.25) is 0 Å². The lowest BCUT2D eigenvalue weighted by atomic mass is 9.46. The summed E-state index contributed by atoms with van der Waals surface area (Å²) < 4.78 is 25.5. The van der Waals surface area contributed by atoms with E-state index < -0.39 is 11.7 Å². The van der Waals surface area contributed by atoms with Crippen LogP contribution in [0.4, 0.5) is 0 Å². The molecule has 8 aliphatic rings. The minimum atomic E-state index is -1.15. The predicted molar refractivity (Wildman–Crippen MR) is 176 cm³/mol. The number of amides is 1. The van der Waals surface area contributed by atoms with E-state index in [1.54, 1.807) is 13.8 Å². The maximum atomic E-state index is 12.9. The van der Waals surface area contributed by atoms with Crippen molar-refractivity contribution in [1.29, 1.82) is 0 Å². The largest absolute Gasteiger partial charge is 0.457 e. The van der Waals surface area contributed by atoms with Crippen LogP contribution in [0.3, 0.4) is 0 Å². The Morgan fingerprint density at radius 1 is 0.957 bits per heavy atom. The van der Waals surface area contributed by atoms with Gasteiger partial charge in [0.25, 0.3) is 0 Å². The van der Waals surface area contributed by atoms with Crippen LogP contribution >= 0.6 is 0 Å². The molecule has 8 rings (SSSR count). The van der Waals surface area contributed by atoms with E-state index in [2.05, 4.69) is 20.8 Å². The van der Waals surface area contributed by atoms with Gasteiger partial charge in [-0.3, -0.25) is 9.59 Å². The maximum absolute atomic E-state index is 12.9. The van der Waals surface area contributed by atoms with Crippen molar-refractivity contribution in [2.75, 3.05) is 19.7 Å². The van der Waals surface area contributed by atoms with E-state index >= 15 is 0 Å². The summed E-state index contributed by atoms with van der Waals surface area (Å²) >= 11 is 0. The monoisotopic (exact) mass is 655 g/mol. The first-order valence-electron chi connectivity index (χ1n) is 19.3. The average Bonchev–Trinajstić information content (AvgIpc) is 3.92. The maximum Gasteiger partial charge on any atom is 0.303 e. The zero-order valence-electron chi connectivity index (χ0n) is 29.9. The smallest absolute Gasteiger partial charge is 0.303 e. The lowest BCUT2D eigenvalue weighted by Gasteiger charge is -2.60. The summed E-state index contributed by atoms with van der Waals surface area (Å²) in [5.74, 6) is 3.15. The van der Waals surface area contributed by atoms with Gasteiger partial charge in [-0.05, 0) is 142 Å². The molecule has 47 heavy (non-hydrogen) atoms. The molecule has 8 fully saturated rings. The lowest BCUT2D eigenvalue weighted by molar-refractivity contribution is -0.244. The summed E-state index contributed by atoms with van der Waals surface area (Å²) in [6.45, 7) is 14.2. The van der Waals surface area contributed by atoms with Gasteiger partial charge in [0.1, 0.15) is 0 Å². The molecule has 8 nitrogen and oxygen atoms in total. The molecule has 264 valence electrons. The molecule has 2 heterocycles. The van der Waals surface area contributed by atoms with Gasteiger partial charge in [-0.1, -0.05) is 20.8 Å². The standard InChI is InChI=1S/C39H61NO7/c1-23(41)45-34(36(4,5)43)28-11-9-26-29(46-28)20-27-25-10-12-30-35(2,3)31(13-14-39(30)22-38(25,39)16-15-37(26,27)6)47-33-21-40(17-18-44-33)32(42)19-24-7-8-24/h24-31,33-34,43H,7-22H2,1-6H3/t25?,26?,27?,28?,29?,30?,31-,33?,34-,37?,38?,39?/m0/s1. The van der Waals surface area contributed by atoms with Gasteiger partial charge >= 0.3 is 5.97 Å². The van der Waals surface area contributed by atoms with E-state index in [0.29, 0.717) is 66.0 Å². The Hall–Kier alpha value is -1.22. The highest BCUT2D eigenvalue weighted by Crippen LogP contribution is 2.87. The van der Waals surface area contributed by atoms with Crippen LogP contribution in [0.5, 0.6) is 0 Å². The van der Waals surface area contributed by atoms with Crippen LogP contribution in [-0.2, 0) is 28.5 Å². The second-order valence-electron chi connectivity index (χ2n) is 18.9. The van der Waals surface area contributed by atoms with E-state index in [9.17, 15) is 14.7 Å². The molecule has 6 aliphatic carbocycles. The normalized spacial score (nSPS) is 47.4. The number of hydrogen-bond donors (Lipinski definition) is 1. The van der Waals surface area contributed by atoms with Gasteiger partial charge in [-0.2, -0.15) is 0 Å². The zero-order valence-corrected chi connectivity index (χ0v) is 29.9. The van der Waals surface area contributed by atoms with Crippen LogP contribution < -0.4 is 0 Å². The highest BCUT2D eigenvalue weighted by molar-refractivity contribution is 5.76. The molecule has 2 spiro atoms. The van der Waals surface area contributed by atoms with Gasteiger partial charge in [0.05, 0.1) is 37.1 Å². The second-order valence-corrected chi connectivity index (χ2v) is 18.9. The summed E-state index contributed by atoms with van der Waals surface area (Å²) in [5.41, 5.74) is 0.103. The Labute approximate surface area is 282 Å². The molecule has 12 atom stereocenters. The minimum absolute atomic E-state index is 0.0694. The summed E-state index contributed by atoms with van der Waals surface area (Å²) in [5, 5.41) is 10.9. The number of rotatable bonds is 7. The molecule has 10 unspecified atom stereocenters. The Morgan fingerprint density at radius 3 is 2.45 bits per heavy atom. The summed E-state index contributed by atoms with van der Waals surface area (Å²) in [6.07, 6.45) is 14.2. The van der Waals surface area contributed by atoms with Crippen molar-refractivity contribution in [3.05, 3.63) is 0 Å². The molecule has 2 aliphatic heterocycles. The molecular weight excluding hydrogens is 594 g/mol. The van der Waals surface area contributed by atoms with Crippen molar-refractivity contribution in [2.45, 2.75) is 161 Å². The highest BCUT2D eigenvalue weighted by atomic mass is 16.7. The van der Waals surface area contributed by atoms with E-state index in [1.807, 2.05) is 4.90 Å². The van der Waals surface area contributed by atoms with Gasteiger partial charge < -0.3 is 29.0 Å². The van der Waals surface area contributed by atoms with Gasteiger partial charge in [0, 0.05) is 19.9 Å². The molecule has 1 N–H and O–H groups in total. The molecule has 1 amide bonds. The highest BCUT2D eigenvalue weighted by Gasteiger charge is 2.80. The lowest BCUT2D eigenvalue weighted by Crippen LogP contribution is -2.56. The summed E-state index contributed by atoms with van der Waals surface area (Å²) in [7, 11) is 0. The number of aliphatic hydroxyl groups is 1. The quantitative estimate of drug-likeness (QED) is 0.324. The molecule has 0 aromatic rings. The fraction of sp³-hybridized carbons (Fsp3) is 0.949. The average molecular weight is 656 g/mol. The van der Waals surface area contributed by atoms with E-state index in [0.717, 1.165) is 31.6 Å². The van der Waals surface area contributed by atoms with Gasteiger partial charge in [-0.15, -0.1) is 0 Å².